The van der Waals surface area contributed by atoms with Gasteiger partial charge < -0.3 is 14.8 Å². The van der Waals surface area contributed by atoms with Crippen molar-refractivity contribution in [1.82, 2.24) is 9.80 Å². The number of ether oxygens (including phenoxy) is 2. The van der Waals surface area contributed by atoms with Gasteiger partial charge in [-0.1, -0.05) is 60.7 Å². The van der Waals surface area contributed by atoms with Gasteiger partial charge in [-0.2, -0.15) is 0 Å². The van der Waals surface area contributed by atoms with Gasteiger partial charge in [0.05, 0.1) is 20.3 Å². The molecule has 1 saturated heterocycles. The summed E-state index contributed by atoms with van der Waals surface area (Å²) in [5, 5.41) is 5.62. The van der Waals surface area contributed by atoms with Crippen LogP contribution >= 0.6 is 0 Å². The van der Waals surface area contributed by atoms with Crippen LogP contribution in [0.25, 0.3) is 10.8 Å². The second kappa shape index (κ2) is 9.41. The minimum absolute atomic E-state index is 0.562. The molecule has 202 valence electrons. The number of imide groups is 2. The van der Waals surface area contributed by atoms with Crippen LogP contribution in [0.3, 0.4) is 0 Å². The molecule has 4 aromatic rings. The number of barbiturate groups is 1. The predicted molar refractivity (Wildman–Crippen MR) is 152 cm³/mol. The van der Waals surface area contributed by atoms with Crippen molar-refractivity contribution < 1.29 is 23.9 Å². The van der Waals surface area contributed by atoms with Gasteiger partial charge in [0.1, 0.15) is 11.5 Å². The number of hydrogen-bond donors (Lipinski definition) is 1. The summed E-state index contributed by atoms with van der Waals surface area (Å²) in [6.45, 7) is 0. The highest BCUT2D eigenvalue weighted by Crippen LogP contribution is 2.59. The first-order chi connectivity index (χ1) is 19.3. The summed E-state index contributed by atoms with van der Waals surface area (Å²) in [6.07, 6.45) is 0. The van der Waals surface area contributed by atoms with Crippen LogP contribution in [0.5, 0.6) is 11.5 Å². The van der Waals surface area contributed by atoms with Crippen LogP contribution < -0.4 is 14.8 Å². The lowest BCUT2D eigenvalue weighted by Crippen LogP contribution is -2.68. The molecular formula is C32H29N3O5. The highest BCUT2D eigenvalue weighted by molar-refractivity contribution is 6.21. The number of amides is 4. The molecular weight excluding hydrogens is 506 g/mol. The number of rotatable bonds is 4. The molecule has 1 fully saturated rings. The molecule has 6 rings (SSSR count). The smallest absolute Gasteiger partial charge is 0.332 e. The first-order valence-electron chi connectivity index (χ1n) is 13.0. The van der Waals surface area contributed by atoms with Crippen LogP contribution in [-0.4, -0.2) is 56.0 Å². The van der Waals surface area contributed by atoms with Crippen LogP contribution in [-0.2, 0) is 9.59 Å². The van der Waals surface area contributed by atoms with E-state index in [9.17, 15) is 14.4 Å². The van der Waals surface area contributed by atoms with Gasteiger partial charge in [-0.25, -0.2) is 4.79 Å². The van der Waals surface area contributed by atoms with Crippen molar-refractivity contribution in [3.63, 3.8) is 0 Å². The van der Waals surface area contributed by atoms with Crippen molar-refractivity contribution in [3.8, 4) is 11.5 Å². The molecule has 0 saturated carbocycles. The fourth-order valence-electron chi connectivity index (χ4n) is 6.28. The summed E-state index contributed by atoms with van der Waals surface area (Å²) in [7, 11) is 6.04. The summed E-state index contributed by atoms with van der Waals surface area (Å²) in [4.78, 5) is 44.2. The number of urea groups is 1. The first-order valence-corrected chi connectivity index (χ1v) is 13.0. The van der Waals surface area contributed by atoms with E-state index >= 15 is 0 Å². The van der Waals surface area contributed by atoms with Crippen LogP contribution in [0.1, 0.15) is 28.7 Å². The maximum absolute atomic E-state index is 14.5. The Morgan fingerprint density at radius 3 is 1.82 bits per heavy atom. The van der Waals surface area contributed by atoms with Gasteiger partial charge in [-0.15, -0.1) is 0 Å². The van der Waals surface area contributed by atoms with E-state index in [4.69, 9.17) is 9.47 Å². The molecule has 2 atom stereocenters. The highest BCUT2D eigenvalue weighted by Gasteiger charge is 2.66. The number of hydrogen-bond acceptors (Lipinski definition) is 6. The number of fused-ring (bicyclic) bond motifs is 3. The molecule has 8 nitrogen and oxygen atoms in total. The number of nitrogens with one attached hydrogen (secondary N) is 1. The Balaban J connectivity index is 1.72. The quantitative estimate of drug-likeness (QED) is 0.362. The van der Waals surface area contributed by atoms with E-state index in [2.05, 4.69) is 5.32 Å². The molecule has 4 aromatic carbocycles. The van der Waals surface area contributed by atoms with Crippen molar-refractivity contribution in [3.05, 3.63) is 102 Å². The lowest BCUT2D eigenvalue weighted by molar-refractivity contribution is -0.160. The molecule has 0 bridgehead atoms. The summed E-state index contributed by atoms with van der Waals surface area (Å²) in [5.74, 6) is -0.536. The molecule has 8 heteroatoms. The van der Waals surface area contributed by atoms with E-state index in [0.29, 0.717) is 11.5 Å². The second-order valence-corrected chi connectivity index (χ2v) is 10.2. The maximum atomic E-state index is 14.5. The highest BCUT2D eigenvalue weighted by atomic mass is 16.5. The lowest BCUT2D eigenvalue weighted by atomic mass is 9.58. The molecule has 2 heterocycles. The number of anilines is 1. The fraction of sp³-hybridized carbons (Fsp3) is 0.219. The standard InChI is InChI=1S/C32H29N3O5/c1-34-29(36)32(30(37)35(2)31(34)38)26(20-9-14-22(39-3)15-10-20)25-18-13-19-7-5-6-8-24(19)27(25)33-28(32)21-11-16-23(40-4)17-12-21/h5-18,26,28,33H,1-4H3. The van der Waals surface area contributed by atoms with E-state index in [1.54, 1.807) is 14.2 Å². The van der Waals surface area contributed by atoms with E-state index < -0.39 is 35.2 Å². The monoisotopic (exact) mass is 535 g/mol. The van der Waals surface area contributed by atoms with Gasteiger partial charge in [-0.05, 0) is 46.3 Å². The van der Waals surface area contributed by atoms with Gasteiger partial charge in [0.15, 0.2) is 5.41 Å². The van der Waals surface area contributed by atoms with E-state index in [1.807, 2.05) is 84.9 Å². The van der Waals surface area contributed by atoms with E-state index in [1.165, 1.54) is 14.1 Å². The number of benzene rings is 4. The van der Waals surface area contributed by atoms with E-state index in [-0.39, 0.29) is 0 Å². The van der Waals surface area contributed by atoms with Gasteiger partial charge in [0.2, 0.25) is 11.8 Å². The molecule has 4 amide bonds. The van der Waals surface area contributed by atoms with Crippen LogP contribution in [0.15, 0.2) is 84.9 Å². The van der Waals surface area contributed by atoms with Gasteiger partial charge in [-0.3, -0.25) is 19.4 Å². The van der Waals surface area contributed by atoms with Crippen molar-refractivity contribution in [2.45, 2.75) is 12.0 Å². The van der Waals surface area contributed by atoms with Gasteiger partial charge in [0, 0.05) is 31.1 Å². The number of nitrogens with zero attached hydrogens (tertiary/aromatic N) is 2. The van der Waals surface area contributed by atoms with Crippen molar-refractivity contribution >= 4 is 34.3 Å². The van der Waals surface area contributed by atoms with Crippen LogP contribution in [0, 0.1) is 5.41 Å². The van der Waals surface area contributed by atoms with Crippen molar-refractivity contribution in [1.29, 1.82) is 0 Å². The molecule has 2 aliphatic rings. The molecule has 40 heavy (non-hydrogen) atoms. The summed E-state index contributed by atoms with van der Waals surface area (Å²) < 4.78 is 10.8. The molecule has 0 aromatic heterocycles. The normalized spacial score (nSPS) is 19.9. The largest absolute Gasteiger partial charge is 0.497 e. The Labute approximate surface area is 232 Å². The van der Waals surface area contributed by atoms with Crippen molar-refractivity contribution in [2.75, 3.05) is 33.6 Å². The minimum Gasteiger partial charge on any atom is -0.497 e. The molecule has 0 aliphatic carbocycles. The molecule has 1 N–H and O–H groups in total. The zero-order chi connectivity index (χ0) is 28.2. The average Bonchev–Trinajstić information content (AvgIpc) is 3.01. The summed E-state index contributed by atoms with van der Waals surface area (Å²) >= 11 is 0. The Bertz CT molecular complexity index is 1620. The third-order valence-electron chi connectivity index (χ3n) is 8.26. The van der Waals surface area contributed by atoms with Gasteiger partial charge in [0.25, 0.3) is 0 Å². The Morgan fingerprint density at radius 2 is 1.25 bits per heavy atom. The SMILES string of the molecule is COc1ccc(C2Nc3c(ccc4ccccc34)C(c3ccc(OC)cc3)C23C(=O)N(C)C(=O)N(C)C3=O)cc1. The number of carbonyl (C=O) groups excluding carboxylic acids is 3. The molecule has 1 spiro atoms. The van der Waals surface area contributed by atoms with Crippen LogP contribution in [0.4, 0.5) is 10.5 Å². The first kappa shape index (κ1) is 25.4. The van der Waals surface area contributed by atoms with E-state index in [0.717, 1.165) is 43.0 Å². The average molecular weight is 536 g/mol. The molecule has 2 unspecified atom stereocenters. The molecule has 0 radical (unpaired) electrons. The second-order valence-electron chi connectivity index (χ2n) is 10.2. The zero-order valence-electron chi connectivity index (χ0n) is 22.7. The Kier molecular flexibility index (Phi) is 5.98. The minimum atomic E-state index is -1.71. The lowest BCUT2D eigenvalue weighted by Gasteiger charge is -2.53. The third kappa shape index (κ3) is 3.49. The summed E-state index contributed by atoms with van der Waals surface area (Å²) in [6, 6.07) is 25.3. The topological polar surface area (TPSA) is 88.2 Å². The third-order valence-corrected chi connectivity index (χ3v) is 8.26. The number of carbonyl (C=O) groups is 3. The predicted octanol–water partition coefficient (Wildman–Crippen LogP) is 5.19. The maximum Gasteiger partial charge on any atom is 0.332 e. The Hall–Kier alpha value is -4.85. The molecule has 2 aliphatic heterocycles. The van der Waals surface area contributed by atoms with Crippen LogP contribution in [0.2, 0.25) is 0 Å². The summed E-state index contributed by atoms with van der Waals surface area (Å²) in [5.41, 5.74) is 1.40. The number of methoxy groups -OCH3 is 2. The fourth-order valence-corrected chi connectivity index (χ4v) is 6.28. The van der Waals surface area contributed by atoms with Gasteiger partial charge >= 0.3 is 6.03 Å². The zero-order valence-corrected chi connectivity index (χ0v) is 22.7. The Morgan fingerprint density at radius 1 is 0.700 bits per heavy atom. The van der Waals surface area contributed by atoms with Crippen molar-refractivity contribution in [2.24, 2.45) is 5.41 Å².